The topological polar surface area (TPSA) is 54.3 Å². The van der Waals surface area contributed by atoms with E-state index in [2.05, 4.69) is 33.8 Å². The number of fused-ring (bicyclic) bond motifs is 2. The van der Waals surface area contributed by atoms with Crippen LogP contribution < -0.4 is 0 Å². The van der Waals surface area contributed by atoms with Crippen LogP contribution in [0.2, 0.25) is 0 Å². The molecule has 4 rings (SSSR count). The molecule has 0 fully saturated rings. The van der Waals surface area contributed by atoms with Gasteiger partial charge in [-0.2, -0.15) is 5.10 Å². The van der Waals surface area contributed by atoms with E-state index >= 15 is 0 Å². The zero-order valence-electron chi connectivity index (χ0n) is 15.2. The fourth-order valence-electron chi connectivity index (χ4n) is 3.53. The molecule has 1 aromatic carbocycles. The number of carbonyl (C=O) groups is 1. The second-order valence-electron chi connectivity index (χ2n) is 7.12. The zero-order valence-corrected chi connectivity index (χ0v) is 15.2. The Morgan fingerprint density at radius 1 is 1.27 bits per heavy atom. The van der Waals surface area contributed by atoms with E-state index in [-0.39, 0.29) is 11.9 Å². The SMILES string of the molecule is CN(C)CCC1CN(C(=O)c2cnc3ccccc3c2)Cc2ccnn21. The molecule has 3 aromatic rings. The van der Waals surface area contributed by atoms with Gasteiger partial charge in [0.15, 0.2) is 0 Å². The summed E-state index contributed by atoms with van der Waals surface area (Å²) in [5, 5.41) is 5.46. The first kappa shape index (κ1) is 16.7. The van der Waals surface area contributed by atoms with Crippen LogP contribution in [0.15, 0.2) is 48.8 Å². The van der Waals surface area contributed by atoms with Crippen LogP contribution in [0.4, 0.5) is 0 Å². The van der Waals surface area contributed by atoms with Crippen LogP contribution in [0, 0.1) is 0 Å². The van der Waals surface area contributed by atoms with Crippen molar-refractivity contribution in [3.05, 3.63) is 60.0 Å². The van der Waals surface area contributed by atoms with Crippen molar-refractivity contribution in [2.24, 2.45) is 0 Å². The van der Waals surface area contributed by atoms with Gasteiger partial charge in [0.25, 0.3) is 5.91 Å². The van der Waals surface area contributed by atoms with Gasteiger partial charge in [-0.25, -0.2) is 0 Å². The first-order valence-electron chi connectivity index (χ1n) is 8.93. The molecule has 1 atom stereocenters. The van der Waals surface area contributed by atoms with E-state index < -0.39 is 0 Å². The fraction of sp³-hybridized carbons (Fsp3) is 0.350. The van der Waals surface area contributed by atoms with Gasteiger partial charge in [-0.3, -0.25) is 14.5 Å². The molecular weight excluding hydrogens is 326 g/mol. The summed E-state index contributed by atoms with van der Waals surface area (Å²) < 4.78 is 2.08. The normalized spacial score (nSPS) is 16.9. The quantitative estimate of drug-likeness (QED) is 0.726. The Morgan fingerprint density at radius 2 is 2.12 bits per heavy atom. The molecule has 26 heavy (non-hydrogen) atoms. The van der Waals surface area contributed by atoms with E-state index in [1.807, 2.05) is 47.5 Å². The Kier molecular flexibility index (Phi) is 4.42. The summed E-state index contributed by atoms with van der Waals surface area (Å²) in [5.74, 6) is 0.0329. The van der Waals surface area contributed by atoms with Gasteiger partial charge in [0.2, 0.25) is 0 Å². The molecule has 0 radical (unpaired) electrons. The number of hydrogen-bond acceptors (Lipinski definition) is 4. The third-order valence-electron chi connectivity index (χ3n) is 4.92. The van der Waals surface area contributed by atoms with Gasteiger partial charge in [-0.05, 0) is 45.3 Å². The van der Waals surface area contributed by atoms with Gasteiger partial charge in [0, 0.05) is 24.3 Å². The molecule has 0 bridgehead atoms. The molecule has 6 heteroatoms. The second kappa shape index (κ2) is 6.88. The first-order valence-corrected chi connectivity index (χ1v) is 8.93. The first-order chi connectivity index (χ1) is 12.6. The smallest absolute Gasteiger partial charge is 0.255 e. The molecule has 0 saturated carbocycles. The Labute approximate surface area is 153 Å². The summed E-state index contributed by atoms with van der Waals surface area (Å²) in [6.07, 6.45) is 4.47. The van der Waals surface area contributed by atoms with E-state index in [4.69, 9.17) is 0 Å². The van der Waals surface area contributed by atoms with Crippen molar-refractivity contribution in [1.29, 1.82) is 0 Å². The molecule has 1 unspecified atom stereocenters. The van der Waals surface area contributed by atoms with Crippen molar-refractivity contribution in [3.63, 3.8) is 0 Å². The summed E-state index contributed by atoms with van der Waals surface area (Å²) in [5.41, 5.74) is 2.63. The van der Waals surface area contributed by atoms with Crippen LogP contribution in [0.25, 0.3) is 10.9 Å². The fourth-order valence-corrected chi connectivity index (χ4v) is 3.53. The van der Waals surface area contributed by atoms with Crippen LogP contribution in [-0.4, -0.2) is 57.7 Å². The van der Waals surface area contributed by atoms with E-state index in [9.17, 15) is 4.79 Å². The van der Waals surface area contributed by atoms with Crippen molar-refractivity contribution in [1.82, 2.24) is 24.6 Å². The van der Waals surface area contributed by atoms with E-state index in [1.54, 1.807) is 6.20 Å². The number of nitrogens with zero attached hydrogens (tertiary/aromatic N) is 5. The summed E-state index contributed by atoms with van der Waals surface area (Å²) in [7, 11) is 4.13. The number of pyridine rings is 1. The zero-order chi connectivity index (χ0) is 18.1. The Hall–Kier alpha value is -2.73. The molecule has 0 N–H and O–H groups in total. The van der Waals surface area contributed by atoms with Crippen molar-refractivity contribution < 1.29 is 4.79 Å². The number of benzene rings is 1. The van der Waals surface area contributed by atoms with Gasteiger partial charge in [0.05, 0.1) is 29.4 Å². The molecule has 1 amide bonds. The predicted octanol–water partition coefficient (Wildman–Crippen LogP) is 2.58. The highest BCUT2D eigenvalue weighted by atomic mass is 16.2. The molecule has 1 aliphatic rings. The highest BCUT2D eigenvalue weighted by Gasteiger charge is 2.29. The Balaban J connectivity index is 1.59. The van der Waals surface area contributed by atoms with Crippen LogP contribution in [0.3, 0.4) is 0 Å². The minimum Gasteiger partial charge on any atom is -0.331 e. The van der Waals surface area contributed by atoms with Crippen LogP contribution in [0.1, 0.15) is 28.5 Å². The maximum Gasteiger partial charge on any atom is 0.255 e. The number of carbonyl (C=O) groups excluding carboxylic acids is 1. The van der Waals surface area contributed by atoms with Crippen LogP contribution in [0.5, 0.6) is 0 Å². The predicted molar refractivity (Wildman–Crippen MR) is 101 cm³/mol. The molecule has 6 nitrogen and oxygen atoms in total. The van der Waals surface area contributed by atoms with Gasteiger partial charge in [0.1, 0.15) is 0 Å². The number of aromatic nitrogens is 3. The minimum absolute atomic E-state index is 0.0329. The van der Waals surface area contributed by atoms with Crippen molar-refractivity contribution in [2.75, 3.05) is 27.2 Å². The van der Waals surface area contributed by atoms with Gasteiger partial charge in [-0.1, -0.05) is 18.2 Å². The average Bonchev–Trinajstić information content (AvgIpc) is 3.13. The number of amides is 1. The molecular formula is C20H23N5O. The monoisotopic (exact) mass is 349 g/mol. The molecule has 0 spiro atoms. The maximum atomic E-state index is 13.1. The average molecular weight is 349 g/mol. The summed E-state index contributed by atoms with van der Waals surface area (Å²) in [6, 6.07) is 12.0. The molecule has 1 aliphatic heterocycles. The van der Waals surface area contributed by atoms with E-state index in [0.29, 0.717) is 18.7 Å². The highest BCUT2D eigenvalue weighted by molar-refractivity contribution is 5.97. The Morgan fingerprint density at radius 3 is 2.96 bits per heavy atom. The third kappa shape index (κ3) is 3.20. The molecule has 0 aliphatic carbocycles. The minimum atomic E-state index is 0.0329. The van der Waals surface area contributed by atoms with Crippen molar-refractivity contribution >= 4 is 16.8 Å². The van der Waals surface area contributed by atoms with Gasteiger partial charge >= 0.3 is 0 Å². The van der Waals surface area contributed by atoms with Crippen molar-refractivity contribution in [2.45, 2.75) is 19.0 Å². The van der Waals surface area contributed by atoms with E-state index in [0.717, 1.165) is 29.6 Å². The van der Waals surface area contributed by atoms with Crippen LogP contribution >= 0.6 is 0 Å². The lowest BCUT2D eigenvalue weighted by Gasteiger charge is -2.34. The summed E-state index contributed by atoms with van der Waals surface area (Å²) in [6.45, 7) is 2.22. The molecule has 0 saturated heterocycles. The number of rotatable bonds is 4. The number of hydrogen-bond donors (Lipinski definition) is 0. The van der Waals surface area contributed by atoms with Gasteiger partial charge in [-0.15, -0.1) is 0 Å². The lowest BCUT2D eigenvalue weighted by molar-refractivity contribution is 0.0659. The molecule has 134 valence electrons. The third-order valence-corrected chi connectivity index (χ3v) is 4.92. The largest absolute Gasteiger partial charge is 0.331 e. The van der Waals surface area contributed by atoms with Gasteiger partial charge < -0.3 is 9.80 Å². The number of para-hydroxylation sites is 1. The summed E-state index contributed by atoms with van der Waals surface area (Å²) in [4.78, 5) is 21.6. The lowest BCUT2D eigenvalue weighted by atomic mass is 10.1. The standard InChI is InChI=1S/C20H23N5O/c1-23(2)10-8-18-14-24(13-17-7-9-22-25(17)18)20(26)16-11-15-5-3-4-6-19(15)21-12-16/h3-7,9,11-12,18H,8,10,13-14H2,1-2H3. The Bertz CT molecular complexity index is 933. The summed E-state index contributed by atoms with van der Waals surface area (Å²) >= 11 is 0. The maximum absolute atomic E-state index is 13.1. The second-order valence-corrected chi connectivity index (χ2v) is 7.12. The highest BCUT2D eigenvalue weighted by Crippen LogP contribution is 2.25. The lowest BCUT2D eigenvalue weighted by Crippen LogP contribution is -2.42. The van der Waals surface area contributed by atoms with Crippen molar-refractivity contribution in [3.8, 4) is 0 Å². The van der Waals surface area contributed by atoms with Crippen LogP contribution in [-0.2, 0) is 6.54 Å². The molecule has 3 heterocycles. The van der Waals surface area contributed by atoms with E-state index in [1.165, 1.54) is 0 Å². The molecule has 2 aromatic heterocycles.